The molecule has 0 fully saturated rings. The summed E-state index contributed by atoms with van der Waals surface area (Å²) in [6, 6.07) is 4.60. The van der Waals surface area contributed by atoms with Crippen molar-refractivity contribution < 1.29 is 70.6 Å². The van der Waals surface area contributed by atoms with Gasteiger partial charge < -0.3 is 4.74 Å². The van der Waals surface area contributed by atoms with Crippen LogP contribution in [-0.4, -0.2) is 48.8 Å². The quantitative estimate of drug-likeness (QED) is 0.269. The van der Waals surface area contributed by atoms with Gasteiger partial charge in [0.05, 0.1) is 6.10 Å². The maximum absolute atomic E-state index is 14.2. The molecule has 35 heavy (non-hydrogen) atoms. The minimum Gasteiger partial charge on any atom is -0.377 e. The molecule has 0 bridgehead atoms. The van der Waals surface area contributed by atoms with Crippen LogP contribution in [0.2, 0.25) is 0 Å². The molecule has 1 unspecified atom stereocenters. The maximum Gasteiger partial charge on any atom is 0.460 e. The minimum absolute atomic E-state index is 0.117. The Morgan fingerprint density at radius 1 is 0.571 bits per heavy atom. The summed E-state index contributed by atoms with van der Waals surface area (Å²) >= 11 is 0. The first-order valence-corrected chi connectivity index (χ1v) is 9.29. The van der Waals surface area contributed by atoms with Crippen LogP contribution in [0.25, 0.3) is 0 Å². The predicted molar refractivity (Wildman–Crippen MR) is 90.6 cm³/mol. The molecule has 1 aromatic rings. The molecule has 0 amide bonds. The van der Waals surface area contributed by atoms with Crippen LogP contribution >= 0.6 is 0 Å². The first-order valence-electron chi connectivity index (χ1n) is 9.29. The number of halogens is 15. The molecule has 0 aromatic heterocycles. The summed E-state index contributed by atoms with van der Waals surface area (Å²) in [4.78, 5) is 0. The zero-order chi connectivity index (χ0) is 28.1. The van der Waals surface area contributed by atoms with Crippen molar-refractivity contribution >= 4 is 0 Å². The molecule has 0 aliphatic carbocycles. The molecule has 1 aromatic carbocycles. The monoisotopic (exact) mass is 546 g/mol. The predicted octanol–water partition coefficient (Wildman–Crippen LogP) is 8.26. The summed E-state index contributed by atoms with van der Waals surface area (Å²) in [5, 5.41) is 0. The molecular weight excluding hydrogens is 529 g/mol. The van der Waals surface area contributed by atoms with Gasteiger partial charge in [0.25, 0.3) is 0 Å². The summed E-state index contributed by atoms with van der Waals surface area (Å²) in [5.74, 6) is -46.7. The van der Waals surface area contributed by atoms with Crippen LogP contribution in [0.15, 0.2) is 24.3 Å². The van der Waals surface area contributed by atoms with E-state index < -0.39 is 54.2 Å². The summed E-state index contributed by atoms with van der Waals surface area (Å²) < 4.78 is 204. The zero-order valence-electron chi connectivity index (χ0n) is 17.7. The molecular formula is C19H17F15O. The number of methoxy groups -OCH3 is 1. The topological polar surface area (TPSA) is 9.23 Å². The highest BCUT2D eigenvalue weighted by molar-refractivity contribution is 5.27. The van der Waals surface area contributed by atoms with Gasteiger partial charge in [-0.05, 0) is 17.0 Å². The standard InChI is InChI=1S/C19H17F15O/c1-9(2)10-4-6-11(7-5-10)12(35-3)8-13(20,21)14(22,23)15(24,25)16(26,27)17(28,29)18(30,31)19(32,33)34/h4-7,9,12H,8H2,1-3H3. The van der Waals surface area contributed by atoms with Gasteiger partial charge in [0.2, 0.25) is 0 Å². The van der Waals surface area contributed by atoms with Crippen molar-refractivity contribution in [3.63, 3.8) is 0 Å². The number of alkyl halides is 15. The number of hydrogen-bond acceptors (Lipinski definition) is 1. The van der Waals surface area contributed by atoms with Crippen LogP contribution in [0, 0.1) is 0 Å². The van der Waals surface area contributed by atoms with Gasteiger partial charge in [-0.3, -0.25) is 0 Å². The van der Waals surface area contributed by atoms with E-state index in [1.165, 1.54) is 12.1 Å². The molecule has 1 atom stereocenters. The van der Waals surface area contributed by atoms with Gasteiger partial charge in [-0.2, -0.15) is 65.9 Å². The molecule has 0 heterocycles. The van der Waals surface area contributed by atoms with Gasteiger partial charge in [0, 0.05) is 13.5 Å². The highest BCUT2D eigenvalue weighted by Crippen LogP contribution is 2.63. The van der Waals surface area contributed by atoms with Crippen molar-refractivity contribution in [1.29, 1.82) is 0 Å². The van der Waals surface area contributed by atoms with Gasteiger partial charge in [0.15, 0.2) is 0 Å². The summed E-state index contributed by atoms with van der Waals surface area (Å²) in [6.45, 7) is 3.38. The Labute approximate surface area is 188 Å². The average molecular weight is 546 g/mol. The van der Waals surface area contributed by atoms with Gasteiger partial charge >= 0.3 is 41.7 Å². The summed E-state index contributed by atoms with van der Waals surface area (Å²) in [5.41, 5.74) is 0.205. The lowest BCUT2D eigenvalue weighted by molar-refractivity contribution is -0.453. The summed E-state index contributed by atoms with van der Waals surface area (Å²) in [6.07, 6.45) is -12.4. The second-order valence-electron chi connectivity index (χ2n) is 7.82. The molecule has 1 nitrogen and oxygen atoms in total. The number of hydrogen-bond donors (Lipinski definition) is 0. The van der Waals surface area contributed by atoms with E-state index >= 15 is 0 Å². The maximum atomic E-state index is 14.2. The van der Waals surface area contributed by atoms with E-state index in [2.05, 4.69) is 4.74 Å². The van der Waals surface area contributed by atoms with Crippen LogP contribution < -0.4 is 0 Å². The van der Waals surface area contributed by atoms with Crippen molar-refractivity contribution in [2.75, 3.05) is 7.11 Å². The molecule has 1 rings (SSSR count). The van der Waals surface area contributed by atoms with Crippen LogP contribution in [0.1, 0.15) is 43.4 Å². The molecule has 0 radical (unpaired) electrons. The van der Waals surface area contributed by atoms with Crippen molar-refractivity contribution in [2.45, 2.75) is 74.0 Å². The fourth-order valence-corrected chi connectivity index (χ4v) is 2.79. The first-order chi connectivity index (χ1) is 15.3. The Kier molecular flexibility index (Phi) is 8.20. The van der Waals surface area contributed by atoms with Crippen LogP contribution in [0.4, 0.5) is 65.9 Å². The lowest BCUT2D eigenvalue weighted by atomic mass is 9.88. The average Bonchev–Trinajstić information content (AvgIpc) is 2.70. The number of ether oxygens (including phenoxy) is 1. The van der Waals surface area contributed by atoms with E-state index in [0.717, 1.165) is 12.1 Å². The van der Waals surface area contributed by atoms with Gasteiger partial charge in [-0.15, -0.1) is 0 Å². The van der Waals surface area contributed by atoms with Crippen molar-refractivity contribution in [3.05, 3.63) is 35.4 Å². The minimum atomic E-state index is -8.30. The zero-order valence-corrected chi connectivity index (χ0v) is 17.7. The molecule has 0 saturated carbocycles. The molecule has 0 saturated heterocycles. The molecule has 0 spiro atoms. The third kappa shape index (κ3) is 4.90. The third-order valence-electron chi connectivity index (χ3n) is 5.09. The van der Waals surface area contributed by atoms with Gasteiger partial charge in [-0.25, -0.2) is 0 Å². The fraction of sp³-hybridized carbons (Fsp3) is 0.684. The lowest BCUT2D eigenvalue weighted by Crippen LogP contribution is -2.72. The Balaban J connectivity index is 3.46. The van der Waals surface area contributed by atoms with Crippen LogP contribution in [0.5, 0.6) is 0 Å². The molecule has 16 heteroatoms. The van der Waals surface area contributed by atoms with Crippen LogP contribution in [0.3, 0.4) is 0 Å². The van der Waals surface area contributed by atoms with Gasteiger partial charge in [0.1, 0.15) is 0 Å². The molecule has 0 N–H and O–H groups in total. The second kappa shape index (κ2) is 9.21. The number of rotatable bonds is 10. The van der Waals surface area contributed by atoms with Crippen LogP contribution in [-0.2, 0) is 4.74 Å². The van der Waals surface area contributed by atoms with E-state index in [9.17, 15) is 65.9 Å². The Bertz CT molecular complexity index is 856. The van der Waals surface area contributed by atoms with E-state index in [-0.39, 0.29) is 11.5 Å². The highest BCUT2D eigenvalue weighted by atomic mass is 19.4. The Morgan fingerprint density at radius 2 is 0.914 bits per heavy atom. The highest BCUT2D eigenvalue weighted by Gasteiger charge is 2.93. The Hall–Kier alpha value is -1.87. The second-order valence-corrected chi connectivity index (χ2v) is 7.82. The first kappa shape index (κ1) is 31.2. The van der Waals surface area contributed by atoms with Crippen molar-refractivity contribution in [3.8, 4) is 0 Å². The molecule has 0 aliphatic rings. The molecule has 204 valence electrons. The van der Waals surface area contributed by atoms with E-state index in [1.807, 2.05) is 0 Å². The third-order valence-corrected chi connectivity index (χ3v) is 5.09. The van der Waals surface area contributed by atoms with E-state index in [1.54, 1.807) is 13.8 Å². The Morgan fingerprint density at radius 3 is 1.26 bits per heavy atom. The summed E-state index contributed by atoms with van der Waals surface area (Å²) in [7, 11) is 0.611. The van der Waals surface area contributed by atoms with Crippen molar-refractivity contribution in [2.24, 2.45) is 0 Å². The SMILES string of the molecule is COC(CC(F)(F)C(F)(F)C(F)(F)C(F)(F)C(F)(F)C(F)(F)C(F)(F)F)c1ccc(C(C)C)cc1. The largest absolute Gasteiger partial charge is 0.460 e. The fourth-order valence-electron chi connectivity index (χ4n) is 2.79. The van der Waals surface area contributed by atoms with E-state index in [0.29, 0.717) is 12.7 Å². The van der Waals surface area contributed by atoms with Crippen molar-refractivity contribution in [1.82, 2.24) is 0 Å². The van der Waals surface area contributed by atoms with E-state index in [4.69, 9.17) is 0 Å². The lowest BCUT2D eigenvalue weighted by Gasteiger charge is -2.42. The van der Waals surface area contributed by atoms with Gasteiger partial charge in [-0.1, -0.05) is 38.1 Å². The molecule has 0 aliphatic heterocycles. The smallest absolute Gasteiger partial charge is 0.377 e. The number of benzene rings is 1. The normalized spacial score (nSPS) is 16.1.